The lowest BCUT2D eigenvalue weighted by Gasteiger charge is -2.34. The highest BCUT2D eigenvalue weighted by Gasteiger charge is 2.40. The Morgan fingerprint density at radius 2 is 1.76 bits per heavy atom. The summed E-state index contributed by atoms with van der Waals surface area (Å²) in [4.78, 5) is 29.9. The Labute approximate surface area is 171 Å². The van der Waals surface area contributed by atoms with E-state index in [-0.39, 0.29) is 36.1 Å². The molecule has 7 heteroatoms. The first-order valence-corrected chi connectivity index (χ1v) is 10.1. The number of piperazine rings is 1. The van der Waals surface area contributed by atoms with E-state index in [0.29, 0.717) is 13.1 Å². The van der Waals surface area contributed by atoms with Gasteiger partial charge in [0.1, 0.15) is 5.92 Å². The summed E-state index contributed by atoms with van der Waals surface area (Å²) in [7, 11) is 0. The fourth-order valence-electron chi connectivity index (χ4n) is 4.00. The topological polar surface area (TPSA) is 96.7 Å². The van der Waals surface area contributed by atoms with Crippen LogP contribution in [0.3, 0.4) is 0 Å². The minimum atomic E-state index is -0.831. The zero-order valence-electron chi connectivity index (χ0n) is 16.6. The number of carbonyl (C=O) groups is 2. The van der Waals surface area contributed by atoms with E-state index in [2.05, 4.69) is 21.2 Å². The van der Waals surface area contributed by atoms with Crippen molar-refractivity contribution in [2.24, 2.45) is 5.92 Å². The van der Waals surface area contributed by atoms with Crippen molar-refractivity contribution in [3.63, 3.8) is 0 Å². The predicted molar refractivity (Wildman–Crippen MR) is 109 cm³/mol. The zero-order chi connectivity index (χ0) is 20.6. The number of hydrogen-bond acceptors (Lipinski definition) is 7. The molecule has 1 aromatic carbocycles. The first-order chi connectivity index (χ1) is 14.1. The molecule has 0 spiro atoms. The molecule has 29 heavy (non-hydrogen) atoms. The third kappa shape index (κ3) is 5.30. The largest absolute Gasteiger partial charge is 0.395 e. The van der Waals surface area contributed by atoms with Gasteiger partial charge in [0.05, 0.1) is 18.2 Å². The highest BCUT2D eigenvalue weighted by Crippen LogP contribution is 2.35. The van der Waals surface area contributed by atoms with Gasteiger partial charge in [-0.2, -0.15) is 5.26 Å². The number of nitriles is 1. The molecule has 154 valence electrons. The maximum Gasteiger partial charge on any atom is 0.185 e. The third-order valence-electron chi connectivity index (χ3n) is 5.72. The Balaban J connectivity index is 1.53. The molecular formula is C22H28N4O3. The molecule has 0 amide bonds. The molecule has 7 nitrogen and oxygen atoms in total. The Morgan fingerprint density at radius 3 is 2.38 bits per heavy atom. The number of carbonyl (C=O) groups excluding carboxylic acids is 2. The van der Waals surface area contributed by atoms with Crippen LogP contribution < -0.4 is 5.32 Å². The molecule has 1 saturated heterocycles. The number of benzene rings is 1. The van der Waals surface area contributed by atoms with Crippen LogP contribution in [0.1, 0.15) is 17.9 Å². The van der Waals surface area contributed by atoms with E-state index in [1.807, 2.05) is 30.3 Å². The SMILES string of the molecule is N#CC1C(=O)/C(=C\NCCN2CCN(CCO)CC2)C(=O)CC1c1ccccc1. The van der Waals surface area contributed by atoms with Gasteiger partial charge in [0.15, 0.2) is 11.6 Å². The van der Waals surface area contributed by atoms with Gasteiger partial charge in [0.2, 0.25) is 0 Å². The van der Waals surface area contributed by atoms with Crippen LogP contribution in [-0.4, -0.2) is 78.9 Å². The number of ketones is 2. The summed E-state index contributed by atoms with van der Waals surface area (Å²) in [6, 6.07) is 11.4. The van der Waals surface area contributed by atoms with Crippen LogP contribution >= 0.6 is 0 Å². The quantitative estimate of drug-likeness (QED) is 0.394. The molecule has 3 rings (SSSR count). The summed E-state index contributed by atoms with van der Waals surface area (Å²) in [5.74, 6) is -1.81. The molecular weight excluding hydrogens is 368 g/mol. The number of hydrogen-bond donors (Lipinski definition) is 2. The summed E-state index contributed by atoms with van der Waals surface area (Å²) >= 11 is 0. The highest BCUT2D eigenvalue weighted by atomic mass is 16.3. The van der Waals surface area contributed by atoms with E-state index in [1.165, 1.54) is 6.20 Å². The standard InChI is InChI=1S/C22H28N4O3/c23-15-19-18(17-4-2-1-3-5-17)14-21(28)20(22(19)29)16-24-6-7-25-8-10-26(11-9-25)12-13-27/h1-5,16,18-19,24,27H,6-14H2/b20-16-. The van der Waals surface area contributed by atoms with Gasteiger partial charge in [-0.15, -0.1) is 0 Å². The van der Waals surface area contributed by atoms with Crippen LogP contribution in [0.4, 0.5) is 0 Å². The van der Waals surface area contributed by atoms with E-state index in [1.54, 1.807) is 0 Å². The summed E-state index contributed by atoms with van der Waals surface area (Å²) in [6.07, 6.45) is 1.67. The average molecular weight is 396 g/mol. The molecule has 2 N–H and O–H groups in total. The summed E-state index contributed by atoms with van der Waals surface area (Å²) in [6.45, 7) is 6.08. The smallest absolute Gasteiger partial charge is 0.185 e. The highest BCUT2D eigenvalue weighted by molar-refractivity contribution is 6.23. The number of aliphatic hydroxyl groups excluding tert-OH is 1. The van der Waals surface area contributed by atoms with Crippen molar-refractivity contribution in [1.82, 2.24) is 15.1 Å². The maximum absolute atomic E-state index is 12.8. The normalized spacial score (nSPS) is 25.2. The molecule has 2 aliphatic rings. The number of Topliss-reactive ketones (excluding diaryl/α,β-unsaturated/α-hetero) is 2. The lowest BCUT2D eigenvalue weighted by Crippen LogP contribution is -2.48. The van der Waals surface area contributed by atoms with E-state index < -0.39 is 5.92 Å². The van der Waals surface area contributed by atoms with Gasteiger partial charge in [-0.1, -0.05) is 30.3 Å². The van der Waals surface area contributed by atoms with Crippen molar-refractivity contribution < 1.29 is 14.7 Å². The molecule has 1 saturated carbocycles. The van der Waals surface area contributed by atoms with Crippen LogP contribution in [0, 0.1) is 17.2 Å². The van der Waals surface area contributed by atoms with Gasteiger partial charge in [-0.3, -0.25) is 19.4 Å². The summed E-state index contributed by atoms with van der Waals surface area (Å²) in [5.41, 5.74) is 0.963. The number of β-amino-alcohol motifs (C(OH)–C–C–N with tert-alkyl or cyclic N) is 1. The van der Waals surface area contributed by atoms with Crippen LogP contribution in [0.25, 0.3) is 0 Å². The van der Waals surface area contributed by atoms with E-state index in [0.717, 1.165) is 38.3 Å². The van der Waals surface area contributed by atoms with E-state index in [4.69, 9.17) is 5.11 Å². The predicted octanol–water partition coefficient (Wildman–Crippen LogP) is 0.535. The monoisotopic (exact) mass is 396 g/mol. The van der Waals surface area contributed by atoms with Crippen LogP contribution in [0.2, 0.25) is 0 Å². The van der Waals surface area contributed by atoms with Crippen LogP contribution in [0.5, 0.6) is 0 Å². The average Bonchev–Trinajstić information content (AvgIpc) is 2.74. The van der Waals surface area contributed by atoms with Crippen molar-refractivity contribution in [1.29, 1.82) is 5.26 Å². The number of allylic oxidation sites excluding steroid dienone is 1. The molecule has 2 unspecified atom stereocenters. The first kappa shape index (κ1) is 21.2. The number of nitrogens with one attached hydrogen (secondary N) is 1. The summed E-state index contributed by atoms with van der Waals surface area (Å²) in [5, 5.41) is 21.6. The molecule has 0 aromatic heterocycles. The van der Waals surface area contributed by atoms with Gasteiger partial charge in [0, 0.05) is 64.4 Å². The van der Waals surface area contributed by atoms with Gasteiger partial charge < -0.3 is 10.4 Å². The minimum absolute atomic E-state index is 0.108. The number of nitrogens with zero attached hydrogens (tertiary/aromatic N) is 3. The molecule has 2 atom stereocenters. The number of aliphatic hydroxyl groups is 1. The van der Waals surface area contributed by atoms with Crippen molar-refractivity contribution in [2.75, 3.05) is 52.4 Å². The maximum atomic E-state index is 12.8. The second-order valence-corrected chi connectivity index (χ2v) is 7.53. The molecule has 0 radical (unpaired) electrons. The van der Waals surface area contributed by atoms with Crippen LogP contribution in [-0.2, 0) is 9.59 Å². The van der Waals surface area contributed by atoms with E-state index >= 15 is 0 Å². The van der Waals surface area contributed by atoms with Crippen molar-refractivity contribution in [3.05, 3.63) is 47.7 Å². The molecule has 0 bridgehead atoms. The molecule has 1 aliphatic carbocycles. The second kappa shape index (κ2) is 10.3. The van der Waals surface area contributed by atoms with Gasteiger partial charge >= 0.3 is 0 Å². The van der Waals surface area contributed by atoms with Crippen molar-refractivity contribution in [3.8, 4) is 6.07 Å². The Kier molecular flexibility index (Phi) is 7.53. The Bertz CT molecular complexity index is 779. The fourth-order valence-corrected chi connectivity index (χ4v) is 4.00. The third-order valence-corrected chi connectivity index (χ3v) is 5.72. The zero-order valence-corrected chi connectivity index (χ0v) is 16.6. The van der Waals surface area contributed by atoms with E-state index in [9.17, 15) is 14.9 Å². The van der Waals surface area contributed by atoms with Gasteiger partial charge in [0.25, 0.3) is 0 Å². The van der Waals surface area contributed by atoms with Gasteiger partial charge in [-0.25, -0.2) is 0 Å². The Morgan fingerprint density at radius 1 is 1.10 bits per heavy atom. The Hall–Kier alpha value is -2.53. The fraction of sp³-hybridized carbons (Fsp3) is 0.500. The number of rotatable bonds is 7. The van der Waals surface area contributed by atoms with Crippen LogP contribution in [0.15, 0.2) is 42.1 Å². The minimum Gasteiger partial charge on any atom is -0.395 e. The second-order valence-electron chi connectivity index (χ2n) is 7.53. The first-order valence-electron chi connectivity index (χ1n) is 10.1. The lowest BCUT2D eigenvalue weighted by molar-refractivity contribution is -0.126. The summed E-state index contributed by atoms with van der Waals surface area (Å²) < 4.78 is 0. The van der Waals surface area contributed by atoms with Crippen molar-refractivity contribution in [2.45, 2.75) is 12.3 Å². The lowest BCUT2D eigenvalue weighted by atomic mass is 9.73. The molecule has 2 fully saturated rings. The molecule has 1 aromatic rings. The molecule has 1 aliphatic heterocycles. The van der Waals surface area contributed by atoms with Gasteiger partial charge in [-0.05, 0) is 5.56 Å². The molecule has 1 heterocycles. The van der Waals surface area contributed by atoms with Crippen molar-refractivity contribution >= 4 is 11.6 Å².